The maximum Gasteiger partial charge on any atom is 0.341 e. The van der Waals surface area contributed by atoms with E-state index in [4.69, 9.17) is 14.3 Å². The van der Waals surface area contributed by atoms with Gasteiger partial charge in [-0.15, -0.1) is 16.4 Å². The molecule has 1 atom stereocenters. The topological polar surface area (TPSA) is 142 Å². The summed E-state index contributed by atoms with van der Waals surface area (Å²) in [7, 11) is -2.42. The lowest BCUT2D eigenvalue weighted by molar-refractivity contribution is -0.121. The molecular weight excluding hydrogens is 522 g/mol. The number of amides is 1. The molecule has 0 spiro atoms. The first-order valence-electron chi connectivity index (χ1n) is 11.9. The van der Waals surface area contributed by atoms with Crippen molar-refractivity contribution in [3.05, 3.63) is 34.2 Å². The number of carbonyl (C=O) groups excluding carboxylic acids is 2. The average molecular weight is 550 g/mol. The van der Waals surface area contributed by atoms with Gasteiger partial charge in [0.2, 0.25) is 10.0 Å². The smallest absolute Gasteiger partial charge is 0.341 e. The van der Waals surface area contributed by atoms with Gasteiger partial charge >= 0.3 is 5.97 Å². The molecule has 0 saturated carbocycles. The minimum atomic E-state index is -3.73. The molecule has 2 aliphatic rings. The molecule has 37 heavy (non-hydrogen) atoms. The van der Waals surface area contributed by atoms with Crippen molar-refractivity contribution in [2.75, 3.05) is 45.3 Å². The van der Waals surface area contributed by atoms with Crippen LogP contribution in [0, 0.1) is 5.92 Å². The Morgan fingerprint density at radius 3 is 2.81 bits per heavy atom. The second-order valence-electron chi connectivity index (χ2n) is 9.00. The third-order valence-corrected chi connectivity index (χ3v) is 9.53. The summed E-state index contributed by atoms with van der Waals surface area (Å²) in [6, 6.07) is 4.42. The van der Waals surface area contributed by atoms with E-state index in [1.54, 1.807) is 0 Å². The fraction of sp³-hybridized carbons (Fsp3) is 0.478. The molecule has 1 amide bonds. The summed E-state index contributed by atoms with van der Waals surface area (Å²) in [5.41, 5.74) is 2.04. The molecule has 0 radical (unpaired) electrons. The van der Waals surface area contributed by atoms with Crippen LogP contribution in [-0.2, 0) is 37.1 Å². The largest absolute Gasteiger partial charge is 0.465 e. The maximum atomic E-state index is 13.0. The number of benzene rings is 1. The van der Waals surface area contributed by atoms with Crippen LogP contribution in [0.15, 0.2) is 23.1 Å². The first-order valence-corrected chi connectivity index (χ1v) is 14.1. The van der Waals surface area contributed by atoms with E-state index >= 15 is 0 Å². The molecule has 1 aliphatic carbocycles. The van der Waals surface area contributed by atoms with Crippen LogP contribution < -0.4 is 10.2 Å². The summed E-state index contributed by atoms with van der Waals surface area (Å²) in [6.07, 6.45) is 2.56. The summed E-state index contributed by atoms with van der Waals surface area (Å²) in [5.74, 6) is -0.488. The second-order valence-corrected chi connectivity index (χ2v) is 12.0. The fourth-order valence-corrected chi connectivity index (χ4v) is 7.35. The molecule has 2 aromatic heterocycles. The van der Waals surface area contributed by atoms with Crippen molar-refractivity contribution in [1.29, 1.82) is 0 Å². The molecule has 1 fully saturated rings. The zero-order valence-electron chi connectivity index (χ0n) is 20.4. The number of fused-ring (bicyclic) bond motifs is 2. The number of ether oxygens (including phenoxy) is 2. The number of morpholine rings is 1. The molecule has 1 saturated heterocycles. The Bertz CT molecular complexity index is 1440. The molecule has 1 aromatic carbocycles. The van der Waals surface area contributed by atoms with Gasteiger partial charge in [0.15, 0.2) is 6.61 Å². The van der Waals surface area contributed by atoms with E-state index in [1.165, 1.54) is 41.0 Å². The summed E-state index contributed by atoms with van der Waals surface area (Å²) in [6.45, 7) is 2.94. The van der Waals surface area contributed by atoms with Gasteiger partial charge in [0, 0.05) is 18.0 Å². The molecule has 1 unspecified atom stereocenters. The van der Waals surface area contributed by atoms with Crippen molar-refractivity contribution in [2.45, 2.75) is 31.1 Å². The van der Waals surface area contributed by atoms with E-state index in [2.05, 4.69) is 22.6 Å². The molecule has 1 aliphatic heterocycles. The highest BCUT2D eigenvalue weighted by atomic mass is 32.2. The van der Waals surface area contributed by atoms with Gasteiger partial charge in [-0.1, -0.05) is 11.8 Å². The van der Waals surface area contributed by atoms with Crippen molar-refractivity contribution >= 4 is 49.3 Å². The molecular formula is C23H27N5O7S2. The van der Waals surface area contributed by atoms with Gasteiger partial charge in [0.1, 0.15) is 16.0 Å². The van der Waals surface area contributed by atoms with Crippen LogP contribution in [0.2, 0.25) is 0 Å². The summed E-state index contributed by atoms with van der Waals surface area (Å²) >= 11 is 1.38. The van der Waals surface area contributed by atoms with E-state index in [0.717, 1.165) is 34.5 Å². The summed E-state index contributed by atoms with van der Waals surface area (Å²) in [5, 5.41) is 11.1. The SMILES string of the molecule is COC(=O)c1c(NC(=O)COn2nnc3ccc(S(=O)(=O)N4CCOCC4)cc32)sc2c1CCC(C)C2. The number of anilines is 1. The van der Waals surface area contributed by atoms with Gasteiger partial charge in [-0.25, -0.2) is 13.2 Å². The predicted octanol–water partition coefficient (Wildman–Crippen LogP) is 1.49. The minimum absolute atomic E-state index is 0.0691. The van der Waals surface area contributed by atoms with Crippen LogP contribution in [-0.4, -0.2) is 79.8 Å². The number of rotatable bonds is 7. The van der Waals surface area contributed by atoms with E-state index in [0.29, 0.717) is 40.7 Å². The van der Waals surface area contributed by atoms with Crippen LogP contribution in [0.4, 0.5) is 5.00 Å². The lowest BCUT2D eigenvalue weighted by atomic mass is 9.88. The van der Waals surface area contributed by atoms with Gasteiger partial charge in [-0.3, -0.25) is 4.79 Å². The van der Waals surface area contributed by atoms with E-state index in [1.807, 2.05) is 0 Å². The molecule has 3 heterocycles. The highest BCUT2D eigenvalue weighted by Gasteiger charge is 2.30. The number of esters is 1. The molecule has 198 valence electrons. The van der Waals surface area contributed by atoms with Gasteiger partial charge < -0.3 is 19.6 Å². The van der Waals surface area contributed by atoms with Crippen LogP contribution in [0.5, 0.6) is 0 Å². The Morgan fingerprint density at radius 2 is 2.05 bits per heavy atom. The molecule has 14 heteroatoms. The van der Waals surface area contributed by atoms with E-state index in [9.17, 15) is 18.0 Å². The minimum Gasteiger partial charge on any atom is -0.465 e. The highest BCUT2D eigenvalue weighted by Crippen LogP contribution is 2.40. The van der Waals surface area contributed by atoms with Crippen molar-refractivity contribution in [2.24, 2.45) is 5.92 Å². The van der Waals surface area contributed by atoms with Crippen molar-refractivity contribution < 1.29 is 32.3 Å². The summed E-state index contributed by atoms with van der Waals surface area (Å²) < 4.78 is 37.6. The van der Waals surface area contributed by atoms with Crippen molar-refractivity contribution in [3.8, 4) is 0 Å². The third-order valence-electron chi connectivity index (χ3n) is 6.47. The Hall–Kier alpha value is -3.07. The molecule has 12 nitrogen and oxygen atoms in total. The highest BCUT2D eigenvalue weighted by molar-refractivity contribution is 7.89. The lowest BCUT2D eigenvalue weighted by Crippen LogP contribution is -2.40. The molecule has 3 aromatic rings. The Balaban J connectivity index is 1.32. The normalized spacial score (nSPS) is 18.4. The zero-order valence-corrected chi connectivity index (χ0v) is 22.1. The fourth-order valence-electron chi connectivity index (χ4n) is 4.51. The zero-order chi connectivity index (χ0) is 26.2. The van der Waals surface area contributed by atoms with Gasteiger partial charge in [-0.2, -0.15) is 4.31 Å². The Kier molecular flexibility index (Phi) is 7.16. The van der Waals surface area contributed by atoms with Crippen LogP contribution in [0.3, 0.4) is 0 Å². The van der Waals surface area contributed by atoms with Crippen LogP contribution >= 0.6 is 11.3 Å². The standard InChI is InChI=1S/C23H27N5O7S2/c1-14-3-5-16-19(11-14)36-22(21(16)23(30)33-2)24-20(29)13-35-28-18-12-15(4-6-17(18)25-26-28)37(31,32)27-7-9-34-10-8-27/h4,6,12,14H,3,5,7-11,13H2,1-2H3,(H,24,29). The number of nitrogens with one attached hydrogen (secondary N) is 1. The average Bonchev–Trinajstić information content (AvgIpc) is 3.47. The number of hydrogen-bond donors (Lipinski definition) is 1. The number of nitrogens with zero attached hydrogens (tertiary/aromatic N) is 4. The van der Waals surface area contributed by atoms with Crippen molar-refractivity contribution in [3.63, 3.8) is 0 Å². The first-order chi connectivity index (χ1) is 17.8. The maximum absolute atomic E-state index is 13.0. The predicted molar refractivity (Wildman–Crippen MR) is 134 cm³/mol. The van der Waals surface area contributed by atoms with Gasteiger partial charge in [0.05, 0.1) is 30.8 Å². The van der Waals surface area contributed by atoms with E-state index < -0.39 is 28.5 Å². The molecule has 1 N–H and O–H groups in total. The number of sulfonamides is 1. The second kappa shape index (κ2) is 10.4. The van der Waals surface area contributed by atoms with Crippen LogP contribution in [0.25, 0.3) is 11.0 Å². The first kappa shape index (κ1) is 25.6. The summed E-state index contributed by atoms with van der Waals surface area (Å²) in [4.78, 5) is 32.9. The van der Waals surface area contributed by atoms with Crippen molar-refractivity contribution in [1.82, 2.24) is 19.5 Å². The van der Waals surface area contributed by atoms with E-state index in [-0.39, 0.29) is 18.0 Å². The number of methoxy groups -OCH3 is 1. The quantitative estimate of drug-likeness (QED) is 0.434. The number of carbonyl (C=O) groups is 2. The van der Waals surface area contributed by atoms with Gasteiger partial charge in [-0.05, 0) is 54.2 Å². The van der Waals surface area contributed by atoms with Gasteiger partial charge in [0.25, 0.3) is 5.91 Å². The molecule has 0 bridgehead atoms. The van der Waals surface area contributed by atoms with Crippen LogP contribution in [0.1, 0.15) is 34.1 Å². The Morgan fingerprint density at radius 1 is 1.27 bits per heavy atom. The molecule has 5 rings (SSSR count). The lowest BCUT2D eigenvalue weighted by Gasteiger charge is -2.26. The number of aromatic nitrogens is 3. The number of thiophene rings is 1. The Labute approximate surface area is 217 Å². The monoisotopic (exact) mass is 549 g/mol. The third kappa shape index (κ3) is 5.06. The number of hydrogen-bond acceptors (Lipinski definition) is 10.